The fraction of sp³-hybridized carbons (Fsp3) is 0.818. The van der Waals surface area contributed by atoms with Gasteiger partial charge in [-0.25, -0.2) is 0 Å². The van der Waals surface area contributed by atoms with Crippen molar-refractivity contribution in [3.8, 4) is 0 Å². The highest BCUT2D eigenvalue weighted by Crippen LogP contribution is 2.10. The average Bonchev–Trinajstić information content (AvgIpc) is 2.22. The Labute approximate surface area is 96.4 Å². The van der Waals surface area contributed by atoms with E-state index in [1.54, 1.807) is 11.9 Å². The maximum Gasteiger partial charge on any atom is 0.237 e. The molecule has 0 aromatic carbocycles. The molecule has 16 heavy (non-hydrogen) atoms. The molecule has 5 heteroatoms. The molecule has 2 amide bonds. The molecule has 1 saturated heterocycles. The van der Waals surface area contributed by atoms with Crippen LogP contribution in [0.15, 0.2) is 0 Å². The maximum absolute atomic E-state index is 11.7. The zero-order valence-corrected chi connectivity index (χ0v) is 10.2. The first-order valence-corrected chi connectivity index (χ1v) is 5.71. The Morgan fingerprint density at radius 3 is 2.69 bits per heavy atom. The van der Waals surface area contributed by atoms with Crippen LogP contribution in [0.3, 0.4) is 0 Å². The van der Waals surface area contributed by atoms with Crippen molar-refractivity contribution in [1.82, 2.24) is 10.2 Å². The van der Waals surface area contributed by atoms with Crippen LogP contribution in [0, 0.1) is 5.92 Å². The summed E-state index contributed by atoms with van der Waals surface area (Å²) in [6.45, 7) is 4.41. The van der Waals surface area contributed by atoms with E-state index in [4.69, 9.17) is 5.73 Å². The van der Waals surface area contributed by atoms with E-state index in [-0.39, 0.29) is 23.8 Å². The lowest BCUT2D eigenvalue weighted by Crippen LogP contribution is -2.53. The molecule has 0 bridgehead atoms. The Morgan fingerprint density at radius 2 is 2.19 bits per heavy atom. The van der Waals surface area contributed by atoms with E-state index in [2.05, 4.69) is 5.32 Å². The second-order valence-corrected chi connectivity index (χ2v) is 4.79. The third-order valence-corrected chi connectivity index (χ3v) is 2.99. The normalized spacial score (nSPS) is 23.4. The Morgan fingerprint density at radius 1 is 1.56 bits per heavy atom. The topological polar surface area (TPSA) is 75.4 Å². The number of amides is 2. The lowest BCUT2D eigenvalue weighted by molar-refractivity contribution is -0.134. The number of nitrogens with two attached hydrogens (primary N) is 1. The molecule has 0 aromatic rings. The lowest BCUT2D eigenvalue weighted by atomic mass is 10.0. The van der Waals surface area contributed by atoms with Crippen molar-refractivity contribution in [2.24, 2.45) is 11.7 Å². The lowest BCUT2D eigenvalue weighted by Gasteiger charge is -2.31. The number of nitrogens with one attached hydrogen (secondary N) is 1. The molecule has 0 saturated carbocycles. The van der Waals surface area contributed by atoms with Crippen molar-refractivity contribution in [1.29, 1.82) is 0 Å². The number of hydrogen-bond acceptors (Lipinski definition) is 3. The van der Waals surface area contributed by atoms with Gasteiger partial charge in [-0.3, -0.25) is 9.59 Å². The summed E-state index contributed by atoms with van der Waals surface area (Å²) >= 11 is 0. The number of likely N-dealkylation sites (N-methyl/N-ethyl adjacent to an activating group) is 1. The van der Waals surface area contributed by atoms with Crippen molar-refractivity contribution in [2.45, 2.75) is 38.8 Å². The number of nitrogens with zero attached hydrogens (tertiary/aromatic N) is 1. The van der Waals surface area contributed by atoms with E-state index in [0.717, 1.165) is 0 Å². The molecule has 5 nitrogen and oxygen atoms in total. The second-order valence-electron chi connectivity index (χ2n) is 4.79. The van der Waals surface area contributed by atoms with Crippen molar-refractivity contribution in [3.63, 3.8) is 0 Å². The average molecular weight is 227 g/mol. The summed E-state index contributed by atoms with van der Waals surface area (Å²) in [4.78, 5) is 24.6. The van der Waals surface area contributed by atoms with Crippen LogP contribution in [0.4, 0.5) is 0 Å². The molecule has 1 heterocycles. The Balaban J connectivity index is 2.43. The summed E-state index contributed by atoms with van der Waals surface area (Å²) in [6.07, 6.45) is 1.21. The molecule has 2 atom stereocenters. The molecule has 0 aromatic heterocycles. The van der Waals surface area contributed by atoms with Gasteiger partial charge in [-0.1, -0.05) is 13.8 Å². The summed E-state index contributed by atoms with van der Waals surface area (Å²) in [7, 11) is 1.75. The first kappa shape index (κ1) is 13.0. The predicted molar refractivity (Wildman–Crippen MR) is 61.6 cm³/mol. The first-order valence-electron chi connectivity index (χ1n) is 5.71. The van der Waals surface area contributed by atoms with E-state index in [1.807, 2.05) is 13.8 Å². The number of carbonyl (C=O) groups is 2. The van der Waals surface area contributed by atoms with Gasteiger partial charge in [0.1, 0.15) is 0 Å². The smallest absolute Gasteiger partial charge is 0.237 e. The van der Waals surface area contributed by atoms with Crippen LogP contribution < -0.4 is 11.1 Å². The van der Waals surface area contributed by atoms with Gasteiger partial charge in [0.25, 0.3) is 0 Å². The molecule has 3 N–H and O–H groups in total. The fourth-order valence-corrected chi connectivity index (χ4v) is 1.73. The Hall–Kier alpha value is -1.10. The first-order chi connectivity index (χ1) is 7.41. The van der Waals surface area contributed by atoms with Gasteiger partial charge in [0.15, 0.2) is 0 Å². The molecule has 0 radical (unpaired) electrons. The molecule has 0 aliphatic carbocycles. The summed E-state index contributed by atoms with van der Waals surface area (Å²) in [5, 5.41) is 2.89. The van der Waals surface area contributed by atoms with E-state index >= 15 is 0 Å². The van der Waals surface area contributed by atoms with Gasteiger partial charge in [0, 0.05) is 26.1 Å². The van der Waals surface area contributed by atoms with Crippen LogP contribution in [-0.2, 0) is 9.59 Å². The van der Waals surface area contributed by atoms with Gasteiger partial charge in [-0.05, 0) is 12.3 Å². The molecule has 92 valence electrons. The van der Waals surface area contributed by atoms with E-state index in [1.165, 1.54) is 0 Å². The van der Waals surface area contributed by atoms with Gasteiger partial charge in [-0.15, -0.1) is 0 Å². The number of hydrogen-bond donors (Lipinski definition) is 2. The zero-order valence-electron chi connectivity index (χ0n) is 10.2. The van der Waals surface area contributed by atoms with Crippen LogP contribution >= 0.6 is 0 Å². The van der Waals surface area contributed by atoms with Crippen molar-refractivity contribution in [3.05, 3.63) is 0 Å². The largest absolute Gasteiger partial charge is 0.350 e. The maximum atomic E-state index is 11.7. The summed E-state index contributed by atoms with van der Waals surface area (Å²) in [6, 6.07) is -0.428. The van der Waals surface area contributed by atoms with Crippen LogP contribution in [0.2, 0.25) is 0 Å². The van der Waals surface area contributed by atoms with E-state index in [9.17, 15) is 9.59 Å². The van der Waals surface area contributed by atoms with Crippen LogP contribution in [0.5, 0.6) is 0 Å². The minimum atomic E-state index is -0.470. The molecule has 2 unspecified atom stereocenters. The fourth-order valence-electron chi connectivity index (χ4n) is 1.73. The Bertz CT molecular complexity index is 278. The van der Waals surface area contributed by atoms with Gasteiger partial charge < -0.3 is 16.0 Å². The molecular weight excluding hydrogens is 206 g/mol. The Kier molecular flexibility index (Phi) is 4.29. The van der Waals surface area contributed by atoms with Crippen LogP contribution in [-0.4, -0.2) is 42.4 Å². The van der Waals surface area contributed by atoms with Crippen LogP contribution in [0.1, 0.15) is 26.7 Å². The van der Waals surface area contributed by atoms with Gasteiger partial charge >= 0.3 is 0 Å². The molecular formula is C11H21N3O2. The predicted octanol–water partition coefficient (Wildman–Crippen LogP) is -0.293. The third kappa shape index (κ3) is 3.20. The van der Waals surface area contributed by atoms with Crippen molar-refractivity contribution in [2.75, 3.05) is 13.6 Å². The van der Waals surface area contributed by atoms with Gasteiger partial charge in [0.05, 0.1) is 6.04 Å². The van der Waals surface area contributed by atoms with Crippen molar-refractivity contribution >= 4 is 11.8 Å². The third-order valence-electron chi connectivity index (χ3n) is 2.99. The number of piperidine rings is 1. The molecule has 1 rings (SSSR count). The molecule has 0 spiro atoms. The number of rotatable bonds is 3. The number of carbonyl (C=O) groups excluding carboxylic acids is 2. The molecule has 1 aliphatic rings. The zero-order chi connectivity index (χ0) is 12.3. The monoisotopic (exact) mass is 227 g/mol. The quantitative estimate of drug-likeness (QED) is 0.695. The molecule has 1 fully saturated rings. The summed E-state index contributed by atoms with van der Waals surface area (Å²) in [5.74, 6) is 0.143. The van der Waals surface area contributed by atoms with E-state index in [0.29, 0.717) is 19.4 Å². The second kappa shape index (κ2) is 5.30. The van der Waals surface area contributed by atoms with Gasteiger partial charge in [-0.2, -0.15) is 0 Å². The SMILES string of the molecule is CC(C)C(N)C(=O)NC1CCC(=O)N(C)C1. The minimum Gasteiger partial charge on any atom is -0.350 e. The standard InChI is InChI=1S/C11H21N3O2/c1-7(2)10(12)11(16)13-8-4-5-9(15)14(3)6-8/h7-8,10H,4-6,12H2,1-3H3,(H,13,16). The highest BCUT2D eigenvalue weighted by atomic mass is 16.2. The highest BCUT2D eigenvalue weighted by Gasteiger charge is 2.26. The molecule has 1 aliphatic heterocycles. The highest BCUT2D eigenvalue weighted by molar-refractivity contribution is 5.82. The van der Waals surface area contributed by atoms with Crippen molar-refractivity contribution < 1.29 is 9.59 Å². The minimum absolute atomic E-state index is 0.0417. The van der Waals surface area contributed by atoms with E-state index < -0.39 is 6.04 Å². The summed E-state index contributed by atoms with van der Waals surface area (Å²) < 4.78 is 0. The van der Waals surface area contributed by atoms with Crippen LogP contribution in [0.25, 0.3) is 0 Å². The summed E-state index contributed by atoms with van der Waals surface area (Å²) in [5.41, 5.74) is 5.75. The number of likely N-dealkylation sites (tertiary alicyclic amines) is 1. The van der Waals surface area contributed by atoms with Gasteiger partial charge in [0.2, 0.25) is 11.8 Å².